The van der Waals surface area contributed by atoms with Gasteiger partial charge in [-0.05, 0) is 51.3 Å². The minimum Gasteiger partial charge on any atom is -0.330 e. The SMILES string of the molecule is CCC(C)n1ccc(CN(CC)C2CCCCC2CN)n1. The maximum absolute atomic E-state index is 5.99. The molecular formula is C17H32N4. The Labute approximate surface area is 129 Å². The average Bonchev–Trinajstić information content (AvgIpc) is 3.00. The van der Waals surface area contributed by atoms with Gasteiger partial charge in [0, 0.05) is 24.8 Å². The molecule has 4 nitrogen and oxygen atoms in total. The third kappa shape index (κ3) is 4.07. The molecule has 0 bridgehead atoms. The fourth-order valence-electron chi connectivity index (χ4n) is 3.51. The molecule has 1 fully saturated rings. The minimum atomic E-state index is 0.486. The highest BCUT2D eigenvalue weighted by molar-refractivity contribution is 5.00. The van der Waals surface area contributed by atoms with Gasteiger partial charge in [-0.25, -0.2) is 0 Å². The molecule has 0 amide bonds. The van der Waals surface area contributed by atoms with Crippen LogP contribution in [0, 0.1) is 5.92 Å². The van der Waals surface area contributed by atoms with Gasteiger partial charge >= 0.3 is 0 Å². The van der Waals surface area contributed by atoms with Crippen LogP contribution in [0.1, 0.15) is 64.6 Å². The molecule has 1 aliphatic rings. The van der Waals surface area contributed by atoms with Crippen molar-refractivity contribution < 1.29 is 0 Å². The van der Waals surface area contributed by atoms with E-state index < -0.39 is 0 Å². The molecule has 1 aromatic heterocycles. The van der Waals surface area contributed by atoms with Crippen LogP contribution in [0.2, 0.25) is 0 Å². The highest BCUT2D eigenvalue weighted by Crippen LogP contribution is 2.28. The third-order valence-corrected chi connectivity index (χ3v) is 5.12. The second kappa shape index (κ2) is 7.95. The topological polar surface area (TPSA) is 47.1 Å². The highest BCUT2D eigenvalue weighted by Gasteiger charge is 2.28. The van der Waals surface area contributed by atoms with Crippen molar-refractivity contribution in [2.75, 3.05) is 13.1 Å². The number of rotatable bonds is 7. The maximum atomic E-state index is 5.99. The van der Waals surface area contributed by atoms with Crippen molar-refractivity contribution in [3.05, 3.63) is 18.0 Å². The summed E-state index contributed by atoms with van der Waals surface area (Å²) < 4.78 is 2.10. The number of nitrogens with two attached hydrogens (primary N) is 1. The van der Waals surface area contributed by atoms with E-state index in [1.807, 2.05) is 0 Å². The zero-order chi connectivity index (χ0) is 15.2. The minimum absolute atomic E-state index is 0.486. The Hall–Kier alpha value is -0.870. The maximum Gasteiger partial charge on any atom is 0.0764 e. The van der Waals surface area contributed by atoms with E-state index in [0.717, 1.165) is 26.1 Å². The van der Waals surface area contributed by atoms with E-state index in [1.54, 1.807) is 0 Å². The van der Waals surface area contributed by atoms with Crippen molar-refractivity contribution >= 4 is 0 Å². The molecular weight excluding hydrogens is 260 g/mol. The van der Waals surface area contributed by atoms with Gasteiger partial charge in [0.05, 0.1) is 5.69 Å². The van der Waals surface area contributed by atoms with Gasteiger partial charge in [-0.1, -0.05) is 26.7 Å². The second-order valence-corrected chi connectivity index (χ2v) is 6.46. The Morgan fingerprint density at radius 3 is 2.81 bits per heavy atom. The lowest BCUT2D eigenvalue weighted by Crippen LogP contribution is -2.44. The predicted molar refractivity (Wildman–Crippen MR) is 88.1 cm³/mol. The summed E-state index contributed by atoms with van der Waals surface area (Å²) in [6.07, 6.45) is 8.52. The molecule has 21 heavy (non-hydrogen) atoms. The molecule has 120 valence electrons. The zero-order valence-corrected chi connectivity index (χ0v) is 14.0. The molecule has 1 heterocycles. The van der Waals surface area contributed by atoms with Gasteiger partial charge in [-0.15, -0.1) is 0 Å². The Morgan fingerprint density at radius 1 is 1.38 bits per heavy atom. The Bertz CT molecular complexity index is 415. The van der Waals surface area contributed by atoms with Crippen molar-refractivity contribution in [1.82, 2.24) is 14.7 Å². The lowest BCUT2D eigenvalue weighted by molar-refractivity contribution is 0.104. The molecule has 1 aliphatic carbocycles. The normalized spacial score (nSPS) is 24.4. The second-order valence-electron chi connectivity index (χ2n) is 6.46. The van der Waals surface area contributed by atoms with Gasteiger partial charge in [0.15, 0.2) is 0 Å². The first-order valence-corrected chi connectivity index (χ1v) is 8.67. The van der Waals surface area contributed by atoms with Crippen LogP contribution < -0.4 is 5.73 Å². The number of hydrogen-bond acceptors (Lipinski definition) is 3. The third-order valence-electron chi connectivity index (χ3n) is 5.12. The molecule has 2 rings (SSSR count). The Balaban J connectivity index is 2.02. The summed E-state index contributed by atoms with van der Waals surface area (Å²) in [6.45, 7) is 9.55. The molecule has 0 saturated heterocycles. The fraction of sp³-hybridized carbons (Fsp3) is 0.824. The van der Waals surface area contributed by atoms with Crippen LogP contribution in [-0.4, -0.2) is 33.8 Å². The molecule has 3 atom stereocenters. The van der Waals surface area contributed by atoms with Gasteiger partial charge in [-0.3, -0.25) is 9.58 Å². The Kier molecular flexibility index (Phi) is 6.24. The van der Waals surface area contributed by atoms with E-state index >= 15 is 0 Å². The van der Waals surface area contributed by atoms with Gasteiger partial charge in [0.1, 0.15) is 0 Å². The van der Waals surface area contributed by atoms with Gasteiger partial charge in [0.2, 0.25) is 0 Å². The summed E-state index contributed by atoms with van der Waals surface area (Å²) in [6, 6.07) is 3.30. The molecule has 4 heteroatoms. The van der Waals surface area contributed by atoms with Crippen molar-refractivity contribution in [1.29, 1.82) is 0 Å². The highest BCUT2D eigenvalue weighted by atomic mass is 15.3. The first-order valence-electron chi connectivity index (χ1n) is 8.67. The molecule has 1 saturated carbocycles. The summed E-state index contributed by atoms with van der Waals surface area (Å²) in [7, 11) is 0. The predicted octanol–water partition coefficient (Wildman–Crippen LogP) is 3.19. The van der Waals surface area contributed by atoms with E-state index in [2.05, 4.69) is 42.6 Å². The first kappa shape index (κ1) is 16.5. The van der Waals surface area contributed by atoms with E-state index in [4.69, 9.17) is 10.8 Å². The monoisotopic (exact) mass is 292 g/mol. The fourth-order valence-corrected chi connectivity index (χ4v) is 3.51. The van der Waals surface area contributed by atoms with Crippen LogP contribution in [0.3, 0.4) is 0 Å². The van der Waals surface area contributed by atoms with Crippen LogP contribution in [0.4, 0.5) is 0 Å². The number of nitrogens with zero attached hydrogens (tertiary/aromatic N) is 3. The van der Waals surface area contributed by atoms with E-state index in [0.29, 0.717) is 18.0 Å². The number of aromatic nitrogens is 2. The van der Waals surface area contributed by atoms with Crippen molar-refractivity contribution in [3.63, 3.8) is 0 Å². The number of hydrogen-bond donors (Lipinski definition) is 1. The lowest BCUT2D eigenvalue weighted by Gasteiger charge is -2.39. The molecule has 2 N–H and O–H groups in total. The van der Waals surface area contributed by atoms with Gasteiger partial charge in [-0.2, -0.15) is 5.10 Å². The van der Waals surface area contributed by atoms with Crippen molar-refractivity contribution in [2.24, 2.45) is 11.7 Å². The van der Waals surface area contributed by atoms with E-state index in [9.17, 15) is 0 Å². The summed E-state index contributed by atoms with van der Waals surface area (Å²) in [4.78, 5) is 2.58. The summed E-state index contributed by atoms with van der Waals surface area (Å²) in [5.74, 6) is 0.662. The molecule has 3 unspecified atom stereocenters. The average molecular weight is 292 g/mol. The van der Waals surface area contributed by atoms with Crippen LogP contribution in [0.5, 0.6) is 0 Å². The van der Waals surface area contributed by atoms with Crippen LogP contribution in [0.25, 0.3) is 0 Å². The summed E-state index contributed by atoms with van der Waals surface area (Å²) in [5.41, 5.74) is 7.19. The molecule has 0 radical (unpaired) electrons. The molecule has 1 aromatic rings. The van der Waals surface area contributed by atoms with Gasteiger partial charge < -0.3 is 5.73 Å². The van der Waals surface area contributed by atoms with Crippen LogP contribution in [0.15, 0.2) is 12.3 Å². The quantitative estimate of drug-likeness (QED) is 0.839. The van der Waals surface area contributed by atoms with Crippen LogP contribution in [-0.2, 0) is 6.54 Å². The standard InChI is InChI=1S/C17H32N4/c1-4-14(3)21-11-10-16(19-21)13-20(5-2)17-9-7-6-8-15(17)12-18/h10-11,14-15,17H,4-9,12-13,18H2,1-3H3. The smallest absolute Gasteiger partial charge is 0.0764 e. The van der Waals surface area contributed by atoms with Crippen molar-refractivity contribution in [3.8, 4) is 0 Å². The first-order chi connectivity index (χ1) is 10.2. The molecule has 0 spiro atoms. The molecule has 0 aromatic carbocycles. The van der Waals surface area contributed by atoms with Gasteiger partial charge in [0.25, 0.3) is 0 Å². The zero-order valence-electron chi connectivity index (χ0n) is 14.0. The Morgan fingerprint density at radius 2 is 2.14 bits per heavy atom. The summed E-state index contributed by atoms with van der Waals surface area (Å²) >= 11 is 0. The van der Waals surface area contributed by atoms with E-state index in [1.165, 1.54) is 31.4 Å². The summed E-state index contributed by atoms with van der Waals surface area (Å²) in [5, 5.41) is 4.76. The van der Waals surface area contributed by atoms with Crippen LogP contribution >= 0.6 is 0 Å². The van der Waals surface area contributed by atoms with Crippen molar-refractivity contribution in [2.45, 2.75) is 71.5 Å². The lowest BCUT2D eigenvalue weighted by atomic mass is 9.83. The van der Waals surface area contributed by atoms with E-state index in [-0.39, 0.29) is 0 Å². The molecule has 0 aliphatic heterocycles. The largest absolute Gasteiger partial charge is 0.330 e.